The molecular formula is C30H22O8. The fourth-order valence-electron chi connectivity index (χ4n) is 5.21. The first-order valence-corrected chi connectivity index (χ1v) is 11.6. The average molecular weight is 510 g/mol. The first kappa shape index (κ1) is 24.7. The van der Waals surface area contributed by atoms with Gasteiger partial charge < -0.3 is 18.9 Å². The molecule has 0 saturated carbocycles. The zero-order valence-corrected chi connectivity index (χ0v) is 21.0. The number of methoxy groups -OCH3 is 4. The smallest absolute Gasteiger partial charge is 0.339 e. The normalized spacial score (nSPS) is 11.1. The van der Waals surface area contributed by atoms with Crippen molar-refractivity contribution in [2.75, 3.05) is 28.4 Å². The summed E-state index contributed by atoms with van der Waals surface area (Å²) in [4.78, 5) is 52.9. The van der Waals surface area contributed by atoms with E-state index in [1.807, 2.05) is 54.6 Å². The van der Waals surface area contributed by atoms with Crippen LogP contribution in [0.1, 0.15) is 41.4 Å². The second-order valence-electron chi connectivity index (χ2n) is 8.47. The van der Waals surface area contributed by atoms with Crippen LogP contribution in [0.2, 0.25) is 0 Å². The highest BCUT2D eigenvalue weighted by atomic mass is 16.5. The Labute approximate surface area is 216 Å². The third-order valence-corrected chi connectivity index (χ3v) is 6.74. The van der Waals surface area contributed by atoms with Crippen molar-refractivity contribution in [1.29, 1.82) is 0 Å². The minimum atomic E-state index is -1.01. The van der Waals surface area contributed by atoms with Crippen molar-refractivity contribution >= 4 is 67.0 Å². The van der Waals surface area contributed by atoms with Gasteiger partial charge in [0, 0.05) is 5.39 Å². The summed E-state index contributed by atoms with van der Waals surface area (Å²) in [6.45, 7) is 0. The van der Waals surface area contributed by atoms with Crippen LogP contribution in [-0.4, -0.2) is 52.3 Å². The van der Waals surface area contributed by atoms with Crippen molar-refractivity contribution in [3.05, 3.63) is 82.9 Å². The number of esters is 4. The van der Waals surface area contributed by atoms with Crippen molar-refractivity contribution in [3.63, 3.8) is 0 Å². The third kappa shape index (κ3) is 3.45. The highest BCUT2D eigenvalue weighted by Crippen LogP contribution is 2.43. The lowest BCUT2D eigenvalue weighted by molar-refractivity contribution is 0.0524. The van der Waals surface area contributed by atoms with Crippen molar-refractivity contribution in [3.8, 4) is 0 Å². The van der Waals surface area contributed by atoms with Crippen molar-refractivity contribution < 1.29 is 38.1 Å². The zero-order valence-electron chi connectivity index (χ0n) is 21.0. The van der Waals surface area contributed by atoms with E-state index in [2.05, 4.69) is 0 Å². The number of carbonyl (C=O) groups excluding carboxylic acids is 4. The Bertz CT molecular complexity index is 1800. The monoisotopic (exact) mass is 510 g/mol. The maximum Gasteiger partial charge on any atom is 0.339 e. The number of benzene rings is 5. The maximum absolute atomic E-state index is 13.4. The zero-order chi connectivity index (χ0) is 27.1. The molecule has 190 valence electrons. The van der Waals surface area contributed by atoms with Gasteiger partial charge in [-0.15, -0.1) is 0 Å². The molecule has 5 aromatic rings. The minimum Gasteiger partial charge on any atom is -0.465 e. The highest BCUT2D eigenvalue weighted by molar-refractivity contribution is 6.36. The molecule has 0 aliphatic rings. The molecule has 8 nitrogen and oxygen atoms in total. The van der Waals surface area contributed by atoms with E-state index in [-0.39, 0.29) is 21.9 Å². The van der Waals surface area contributed by atoms with Gasteiger partial charge in [-0.25, -0.2) is 19.2 Å². The molecular weight excluding hydrogens is 488 g/mol. The van der Waals surface area contributed by atoms with E-state index in [0.29, 0.717) is 5.39 Å². The fourth-order valence-corrected chi connectivity index (χ4v) is 5.21. The van der Waals surface area contributed by atoms with Gasteiger partial charge in [-0.2, -0.15) is 0 Å². The van der Waals surface area contributed by atoms with Crippen LogP contribution in [-0.2, 0) is 18.9 Å². The standard InChI is InChI=1S/C30H22O8/c1-35-27(31)23-20-14-13-19-17-11-6-5-9-15(17)16-10-7-8-12-18(16)21(19)22(20)24(28(32)36-2)26(30(34)38-4)25(23)29(33)37-3/h5-14H,1-4H3. The Morgan fingerprint density at radius 2 is 0.737 bits per heavy atom. The molecule has 0 atom stereocenters. The van der Waals surface area contributed by atoms with Gasteiger partial charge in [0.05, 0.1) is 50.7 Å². The van der Waals surface area contributed by atoms with Gasteiger partial charge >= 0.3 is 23.9 Å². The van der Waals surface area contributed by atoms with E-state index in [9.17, 15) is 19.2 Å². The number of carbonyl (C=O) groups is 4. The Morgan fingerprint density at radius 1 is 0.395 bits per heavy atom. The molecule has 0 aliphatic carbocycles. The van der Waals surface area contributed by atoms with Crippen LogP contribution in [0.25, 0.3) is 43.1 Å². The second kappa shape index (κ2) is 9.48. The molecule has 0 amide bonds. The largest absolute Gasteiger partial charge is 0.465 e. The molecule has 0 saturated heterocycles. The molecule has 5 rings (SSSR count). The summed E-state index contributed by atoms with van der Waals surface area (Å²) >= 11 is 0. The molecule has 8 heteroatoms. The van der Waals surface area contributed by atoms with Crippen LogP contribution in [0.3, 0.4) is 0 Å². The lowest BCUT2D eigenvalue weighted by Crippen LogP contribution is -2.23. The van der Waals surface area contributed by atoms with E-state index in [0.717, 1.165) is 48.3 Å². The molecule has 38 heavy (non-hydrogen) atoms. The van der Waals surface area contributed by atoms with Crippen LogP contribution in [0.5, 0.6) is 0 Å². The topological polar surface area (TPSA) is 105 Å². The number of fused-ring (bicyclic) bond motifs is 8. The molecule has 0 fully saturated rings. The molecule has 0 unspecified atom stereocenters. The van der Waals surface area contributed by atoms with E-state index in [4.69, 9.17) is 18.9 Å². The van der Waals surface area contributed by atoms with Crippen molar-refractivity contribution in [2.24, 2.45) is 0 Å². The lowest BCUT2D eigenvalue weighted by Gasteiger charge is -2.20. The third-order valence-electron chi connectivity index (χ3n) is 6.74. The van der Waals surface area contributed by atoms with E-state index >= 15 is 0 Å². The van der Waals surface area contributed by atoms with E-state index in [1.54, 1.807) is 6.07 Å². The van der Waals surface area contributed by atoms with E-state index < -0.39 is 35.0 Å². The Hall–Kier alpha value is -4.98. The van der Waals surface area contributed by atoms with Gasteiger partial charge in [-0.3, -0.25) is 0 Å². The van der Waals surface area contributed by atoms with Crippen molar-refractivity contribution in [1.82, 2.24) is 0 Å². The van der Waals surface area contributed by atoms with Crippen LogP contribution in [0.15, 0.2) is 60.7 Å². The first-order valence-electron chi connectivity index (χ1n) is 11.6. The first-order chi connectivity index (χ1) is 18.4. The van der Waals surface area contributed by atoms with Crippen LogP contribution >= 0.6 is 0 Å². The van der Waals surface area contributed by atoms with Gasteiger partial charge in [-0.1, -0.05) is 60.7 Å². The van der Waals surface area contributed by atoms with Crippen LogP contribution in [0, 0.1) is 0 Å². The quantitative estimate of drug-likeness (QED) is 0.179. The van der Waals surface area contributed by atoms with Gasteiger partial charge in [0.15, 0.2) is 0 Å². The molecule has 0 spiro atoms. The van der Waals surface area contributed by atoms with Crippen molar-refractivity contribution in [2.45, 2.75) is 0 Å². The molecule has 5 aromatic carbocycles. The van der Waals surface area contributed by atoms with Gasteiger partial charge in [0.2, 0.25) is 0 Å². The number of ether oxygens (including phenoxy) is 4. The molecule has 0 radical (unpaired) electrons. The lowest BCUT2D eigenvalue weighted by atomic mass is 9.83. The van der Waals surface area contributed by atoms with E-state index in [1.165, 1.54) is 7.11 Å². The fraction of sp³-hybridized carbons (Fsp3) is 0.133. The predicted molar refractivity (Wildman–Crippen MR) is 142 cm³/mol. The maximum atomic E-state index is 13.4. The SMILES string of the molecule is COC(=O)c1c(C(=O)OC)c(C(=O)OC)c2c(ccc3c4ccccc4c4ccccc4c32)c1C(=O)OC. The minimum absolute atomic E-state index is 0.214. The number of hydrogen-bond acceptors (Lipinski definition) is 8. The Balaban J connectivity index is 2.24. The number of hydrogen-bond donors (Lipinski definition) is 0. The van der Waals surface area contributed by atoms with Crippen LogP contribution in [0.4, 0.5) is 0 Å². The summed E-state index contributed by atoms with van der Waals surface area (Å²) in [6.07, 6.45) is 0. The molecule has 0 heterocycles. The molecule has 0 aromatic heterocycles. The van der Waals surface area contributed by atoms with Crippen LogP contribution < -0.4 is 0 Å². The summed E-state index contributed by atoms with van der Waals surface area (Å²) in [6, 6.07) is 18.9. The highest BCUT2D eigenvalue weighted by Gasteiger charge is 2.36. The second-order valence-corrected chi connectivity index (χ2v) is 8.47. The average Bonchev–Trinajstić information content (AvgIpc) is 2.97. The summed E-state index contributed by atoms with van der Waals surface area (Å²) in [5, 5.41) is 5.41. The summed E-state index contributed by atoms with van der Waals surface area (Å²) < 4.78 is 20.1. The summed E-state index contributed by atoms with van der Waals surface area (Å²) in [7, 11) is 4.54. The predicted octanol–water partition coefficient (Wildman–Crippen LogP) is 5.45. The summed E-state index contributed by atoms with van der Waals surface area (Å²) in [5.74, 6) is -3.80. The number of rotatable bonds is 4. The molecule has 0 N–H and O–H groups in total. The summed E-state index contributed by atoms with van der Waals surface area (Å²) in [5.41, 5.74) is -1.32. The molecule has 0 aliphatic heterocycles. The Kier molecular flexibility index (Phi) is 6.16. The van der Waals surface area contributed by atoms with Gasteiger partial charge in [0.25, 0.3) is 0 Å². The van der Waals surface area contributed by atoms with Gasteiger partial charge in [-0.05, 0) is 37.7 Å². The molecule has 0 bridgehead atoms. The van der Waals surface area contributed by atoms with Gasteiger partial charge in [0.1, 0.15) is 0 Å². The Morgan fingerprint density at radius 3 is 1.24 bits per heavy atom.